The van der Waals surface area contributed by atoms with Gasteiger partial charge < -0.3 is 14.2 Å². The van der Waals surface area contributed by atoms with Crippen molar-refractivity contribution in [3.8, 4) is 11.4 Å². The van der Waals surface area contributed by atoms with Gasteiger partial charge in [-0.1, -0.05) is 47.3 Å². The van der Waals surface area contributed by atoms with E-state index in [1.165, 1.54) is 29.5 Å². The number of aromatic nitrogens is 5. The van der Waals surface area contributed by atoms with Crippen LogP contribution in [-0.4, -0.2) is 51.2 Å². The van der Waals surface area contributed by atoms with E-state index in [2.05, 4.69) is 41.9 Å². The van der Waals surface area contributed by atoms with Gasteiger partial charge in [0.15, 0.2) is 5.16 Å². The molecule has 2 aromatic heterocycles. The van der Waals surface area contributed by atoms with E-state index in [0.717, 1.165) is 24.2 Å². The van der Waals surface area contributed by atoms with Crippen molar-refractivity contribution in [2.24, 2.45) is 0 Å². The molecule has 0 amide bonds. The zero-order valence-corrected chi connectivity index (χ0v) is 18.0. The number of rotatable bonds is 7. The van der Waals surface area contributed by atoms with Crippen LogP contribution >= 0.6 is 11.8 Å². The van der Waals surface area contributed by atoms with Crippen LogP contribution < -0.4 is 4.90 Å². The van der Waals surface area contributed by atoms with Gasteiger partial charge in [0.1, 0.15) is 5.82 Å². The van der Waals surface area contributed by atoms with Gasteiger partial charge >= 0.3 is 0 Å². The van der Waals surface area contributed by atoms with Gasteiger partial charge in [-0.3, -0.25) is 4.57 Å². The van der Waals surface area contributed by atoms with Crippen LogP contribution in [0, 0.1) is 5.82 Å². The van der Waals surface area contributed by atoms with Crippen LogP contribution in [0.1, 0.15) is 11.5 Å². The average Bonchev–Trinajstić information content (AvgIpc) is 3.47. The third-order valence-electron chi connectivity index (χ3n) is 5.07. The fourth-order valence-electron chi connectivity index (χ4n) is 3.45. The summed E-state index contributed by atoms with van der Waals surface area (Å²) in [6.07, 6.45) is 0. The summed E-state index contributed by atoms with van der Waals surface area (Å²) in [7, 11) is 0. The number of halogens is 1. The quantitative estimate of drug-likeness (QED) is 0.393. The SMILES string of the molecule is Fc1ccc(-c2noc(CSc3nnc(N4CCOCC4)n3Cc3ccccc3)n2)cc1. The number of ether oxygens (including phenoxy) is 1. The van der Waals surface area contributed by atoms with E-state index in [9.17, 15) is 4.39 Å². The van der Waals surface area contributed by atoms with Gasteiger partial charge in [-0.05, 0) is 29.8 Å². The average molecular weight is 453 g/mol. The second-order valence-corrected chi connectivity index (χ2v) is 8.20. The molecular weight excluding hydrogens is 431 g/mol. The first kappa shape index (κ1) is 20.7. The molecule has 0 saturated carbocycles. The number of anilines is 1. The third kappa shape index (κ3) is 4.66. The van der Waals surface area contributed by atoms with E-state index in [1.54, 1.807) is 12.1 Å². The molecular formula is C22H21FN6O2S. The van der Waals surface area contributed by atoms with Crippen molar-refractivity contribution in [2.45, 2.75) is 17.5 Å². The zero-order chi connectivity index (χ0) is 21.8. The lowest BCUT2D eigenvalue weighted by molar-refractivity contribution is 0.121. The molecule has 0 spiro atoms. The summed E-state index contributed by atoms with van der Waals surface area (Å²) in [5.74, 6) is 1.88. The Morgan fingerprint density at radius 3 is 2.53 bits per heavy atom. The molecule has 1 aliphatic rings. The fraction of sp³-hybridized carbons (Fsp3) is 0.273. The summed E-state index contributed by atoms with van der Waals surface area (Å²) in [5.41, 5.74) is 1.87. The van der Waals surface area contributed by atoms with Crippen molar-refractivity contribution >= 4 is 17.7 Å². The van der Waals surface area contributed by atoms with Gasteiger partial charge in [-0.2, -0.15) is 4.98 Å². The number of thioether (sulfide) groups is 1. The molecule has 0 unspecified atom stereocenters. The maximum Gasteiger partial charge on any atom is 0.237 e. The van der Waals surface area contributed by atoms with E-state index in [4.69, 9.17) is 9.26 Å². The Labute approximate surface area is 188 Å². The van der Waals surface area contributed by atoms with Gasteiger partial charge in [0, 0.05) is 18.7 Å². The largest absolute Gasteiger partial charge is 0.378 e. The molecule has 0 radical (unpaired) electrons. The number of benzene rings is 2. The molecule has 1 aliphatic heterocycles. The first-order valence-electron chi connectivity index (χ1n) is 10.3. The Hall–Kier alpha value is -3.24. The Balaban J connectivity index is 1.35. The number of hydrogen-bond donors (Lipinski definition) is 0. The Morgan fingerprint density at radius 2 is 1.75 bits per heavy atom. The first-order valence-corrected chi connectivity index (χ1v) is 11.3. The minimum absolute atomic E-state index is 0.304. The summed E-state index contributed by atoms with van der Waals surface area (Å²) >= 11 is 1.49. The highest BCUT2D eigenvalue weighted by molar-refractivity contribution is 7.98. The molecule has 1 fully saturated rings. The molecule has 0 N–H and O–H groups in total. The molecule has 10 heteroatoms. The lowest BCUT2D eigenvalue weighted by Gasteiger charge is -2.28. The molecule has 8 nitrogen and oxygen atoms in total. The summed E-state index contributed by atoms with van der Waals surface area (Å²) in [4.78, 5) is 6.63. The Kier molecular flexibility index (Phi) is 6.13. The van der Waals surface area contributed by atoms with E-state index in [0.29, 0.717) is 42.8 Å². The van der Waals surface area contributed by atoms with Crippen LogP contribution in [0.5, 0.6) is 0 Å². The third-order valence-corrected chi connectivity index (χ3v) is 6.02. The lowest BCUT2D eigenvalue weighted by atomic mass is 10.2. The monoisotopic (exact) mass is 452 g/mol. The normalized spacial score (nSPS) is 14.1. The molecule has 3 heterocycles. The van der Waals surface area contributed by atoms with Gasteiger partial charge in [0.2, 0.25) is 17.7 Å². The number of hydrogen-bond acceptors (Lipinski definition) is 8. The predicted molar refractivity (Wildman–Crippen MR) is 118 cm³/mol. The topological polar surface area (TPSA) is 82.1 Å². The van der Waals surface area contributed by atoms with E-state index in [1.807, 2.05) is 18.2 Å². The minimum atomic E-state index is -0.304. The minimum Gasteiger partial charge on any atom is -0.378 e. The number of morpholine rings is 1. The Bertz CT molecular complexity index is 1160. The van der Waals surface area contributed by atoms with Crippen molar-refractivity contribution in [3.05, 3.63) is 71.9 Å². The standard InChI is InChI=1S/C22H21FN6O2S/c23-18-8-6-17(7-9-18)20-24-19(31-27-20)15-32-22-26-25-21(28-10-12-30-13-11-28)29(22)14-16-4-2-1-3-5-16/h1-9H,10-15H2. The van der Waals surface area contributed by atoms with Crippen LogP contribution in [0.15, 0.2) is 64.3 Å². The van der Waals surface area contributed by atoms with Gasteiger partial charge in [0.25, 0.3) is 0 Å². The van der Waals surface area contributed by atoms with Crippen molar-refractivity contribution in [3.63, 3.8) is 0 Å². The molecule has 164 valence electrons. The smallest absolute Gasteiger partial charge is 0.237 e. The second kappa shape index (κ2) is 9.49. The maximum absolute atomic E-state index is 13.2. The van der Waals surface area contributed by atoms with E-state index >= 15 is 0 Å². The summed E-state index contributed by atoms with van der Waals surface area (Å²) < 4.78 is 26.1. The van der Waals surface area contributed by atoms with Gasteiger partial charge in [-0.25, -0.2) is 4.39 Å². The van der Waals surface area contributed by atoms with E-state index in [-0.39, 0.29) is 5.82 Å². The van der Waals surface area contributed by atoms with Crippen LogP contribution in [0.2, 0.25) is 0 Å². The zero-order valence-electron chi connectivity index (χ0n) is 17.2. The molecule has 4 aromatic rings. The van der Waals surface area contributed by atoms with Crippen LogP contribution in [0.25, 0.3) is 11.4 Å². The van der Waals surface area contributed by atoms with E-state index < -0.39 is 0 Å². The molecule has 0 bridgehead atoms. The van der Waals surface area contributed by atoms with Crippen molar-refractivity contribution in [2.75, 3.05) is 31.2 Å². The summed E-state index contributed by atoms with van der Waals surface area (Å²) in [6, 6.07) is 16.2. The lowest BCUT2D eigenvalue weighted by Crippen LogP contribution is -2.38. The molecule has 1 saturated heterocycles. The van der Waals surface area contributed by atoms with Crippen molar-refractivity contribution in [1.82, 2.24) is 24.9 Å². The van der Waals surface area contributed by atoms with Crippen LogP contribution in [-0.2, 0) is 17.0 Å². The molecule has 0 aliphatic carbocycles. The van der Waals surface area contributed by atoms with Gasteiger partial charge in [-0.15, -0.1) is 10.2 Å². The fourth-order valence-corrected chi connectivity index (χ4v) is 4.22. The molecule has 0 atom stereocenters. The second-order valence-electron chi connectivity index (χ2n) is 7.26. The first-order chi connectivity index (χ1) is 15.8. The van der Waals surface area contributed by atoms with Crippen molar-refractivity contribution in [1.29, 1.82) is 0 Å². The van der Waals surface area contributed by atoms with Crippen LogP contribution in [0.4, 0.5) is 10.3 Å². The Morgan fingerprint density at radius 1 is 0.969 bits per heavy atom. The highest BCUT2D eigenvalue weighted by Gasteiger charge is 2.21. The van der Waals surface area contributed by atoms with Crippen LogP contribution in [0.3, 0.4) is 0 Å². The summed E-state index contributed by atoms with van der Waals surface area (Å²) in [6.45, 7) is 3.57. The molecule has 32 heavy (non-hydrogen) atoms. The van der Waals surface area contributed by atoms with Gasteiger partial charge in [0.05, 0.1) is 25.5 Å². The predicted octanol–water partition coefficient (Wildman–Crippen LogP) is 3.64. The molecule has 5 rings (SSSR count). The maximum atomic E-state index is 13.2. The van der Waals surface area contributed by atoms with Crippen molar-refractivity contribution < 1.29 is 13.7 Å². The molecule has 2 aromatic carbocycles. The highest BCUT2D eigenvalue weighted by atomic mass is 32.2. The summed E-state index contributed by atoms with van der Waals surface area (Å²) in [5, 5.41) is 13.7. The highest BCUT2D eigenvalue weighted by Crippen LogP contribution is 2.27. The number of nitrogens with zero attached hydrogens (tertiary/aromatic N) is 6.